The number of aromatic nitrogens is 2. The van der Waals surface area contributed by atoms with Crippen LogP contribution in [0, 0.1) is 6.92 Å². The SMILES string of the molecule is Cc1ccc(-n2ncc(C(=O)NCCCO)c2C2CC2)cc1Cl. The maximum atomic E-state index is 12.4. The van der Waals surface area contributed by atoms with Crippen molar-refractivity contribution in [1.29, 1.82) is 0 Å². The zero-order valence-electron chi connectivity index (χ0n) is 13.1. The van der Waals surface area contributed by atoms with Crippen LogP contribution in [0.5, 0.6) is 0 Å². The molecule has 1 amide bonds. The number of amides is 1. The van der Waals surface area contributed by atoms with E-state index in [-0.39, 0.29) is 12.5 Å². The Bertz CT molecular complexity index is 723. The Morgan fingerprint density at radius 2 is 2.26 bits per heavy atom. The van der Waals surface area contributed by atoms with Crippen molar-refractivity contribution in [3.05, 3.63) is 46.2 Å². The van der Waals surface area contributed by atoms with Gasteiger partial charge in [-0.15, -0.1) is 0 Å². The Kier molecular flexibility index (Phi) is 4.68. The van der Waals surface area contributed by atoms with Crippen LogP contribution in [0.15, 0.2) is 24.4 Å². The van der Waals surface area contributed by atoms with Crippen molar-refractivity contribution in [3.63, 3.8) is 0 Å². The molecule has 3 rings (SSSR count). The molecule has 0 spiro atoms. The summed E-state index contributed by atoms with van der Waals surface area (Å²) in [5.41, 5.74) is 3.45. The molecule has 0 bridgehead atoms. The van der Waals surface area contributed by atoms with Gasteiger partial charge >= 0.3 is 0 Å². The van der Waals surface area contributed by atoms with Gasteiger partial charge in [0.15, 0.2) is 0 Å². The molecule has 0 aliphatic heterocycles. The first-order valence-corrected chi connectivity index (χ1v) is 8.23. The molecule has 122 valence electrons. The van der Waals surface area contributed by atoms with Crippen molar-refractivity contribution < 1.29 is 9.90 Å². The summed E-state index contributed by atoms with van der Waals surface area (Å²) < 4.78 is 1.82. The Morgan fingerprint density at radius 3 is 2.91 bits per heavy atom. The quantitative estimate of drug-likeness (QED) is 0.799. The van der Waals surface area contributed by atoms with E-state index in [1.165, 1.54) is 0 Å². The lowest BCUT2D eigenvalue weighted by atomic mass is 10.1. The molecule has 1 aliphatic carbocycles. The average Bonchev–Trinajstić information content (AvgIpc) is 3.28. The summed E-state index contributed by atoms with van der Waals surface area (Å²) in [4.78, 5) is 12.4. The van der Waals surface area contributed by atoms with Crippen LogP contribution < -0.4 is 5.32 Å². The fourth-order valence-corrected chi connectivity index (χ4v) is 2.75. The van der Waals surface area contributed by atoms with Gasteiger partial charge in [0.1, 0.15) is 0 Å². The Hall–Kier alpha value is -1.85. The first-order chi connectivity index (χ1) is 11.1. The van der Waals surface area contributed by atoms with Crippen molar-refractivity contribution in [2.75, 3.05) is 13.2 Å². The Balaban J connectivity index is 1.92. The second-order valence-corrected chi connectivity index (χ2v) is 6.30. The van der Waals surface area contributed by atoms with Crippen LogP contribution in [0.2, 0.25) is 5.02 Å². The van der Waals surface area contributed by atoms with E-state index in [1.807, 2.05) is 29.8 Å². The molecule has 6 heteroatoms. The second kappa shape index (κ2) is 6.72. The topological polar surface area (TPSA) is 67.2 Å². The number of aliphatic hydroxyl groups excluding tert-OH is 1. The number of rotatable bonds is 6. The lowest BCUT2D eigenvalue weighted by molar-refractivity contribution is 0.0950. The van der Waals surface area contributed by atoms with Gasteiger partial charge in [-0.05, 0) is 43.9 Å². The van der Waals surface area contributed by atoms with Crippen LogP contribution in [0.25, 0.3) is 5.69 Å². The normalized spacial score (nSPS) is 14.0. The van der Waals surface area contributed by atoms with E-state index >= 15 is 0 Å². The molecule has 2 aromatic rings. The predicted octanol–water partition coefficient (Wildman–Crippen LogP) is 2.82. The van der Waals surface area contributed by atoms with E-state index in [9.17, 15) is 4.79 Å². The maximum absolute atomic E-state index is 12.4. The van der Waals surface area contributed by atoms with E-state index in [4.69, 9.17) is 16.7 Å². The number of nitrogens with one attached hydrogen (secondary N) is 1. The summed E-state index contributed by atoms with van der Waals surface area (Å²) >= 11 is 6.22. The highest BCUT2D eigenvalue weighted by Gasteiger charge is 2.32. The monoisotopic (exact) mass is 333 g/mol. The van der Waals surface area contributed by atoms with Gasteiger partial charge in [0.2, 0.25) is 0 Å². The third-order valence-electron chi connectivity index (χ3n) is 4.04. The standard InChI is InChI=1S/C17H20ClN3O2/c1-11-3-6-13(9-15(11)18)21-16(12-4-5-12)14(10-20-21)17(23)19-7-2-8-22/h3,6,9-10,12,22H,2,4-5,7-8H2,1H3,(H,19,23). The number of aryl methyl sites for hydroxylation is 1. The van der Waals surface area contributed by atoms with Crippen molar-refractivity contribution in [1.82, 2.24) is 15.1 Å². The van der Waals surface area contributed by atoms with Crippen molar-refractivity contribution >= 4 is 17.5 Å². The number of nitrogens with zero attached hydrogens (tertiary/aromatic N) is 2. The number of aliphatic hydroxyl groups is 1. The van der Waals surface area contributed by atoms with Crippen LogP contribution in [-0.2, 0) is 0 Å². The highest BCUT2D eigenvalue weighted by molar-refractivity contribution is 6.31. The van der Waals surface area contributed by atoms with Gasteiger partial charge in [0.25, 0.3) is 5.91 Å². The van der Waals surface area contributed by atoms with Crippen LogP contribution in [0.3, 0.4) is 0 Å². The van der Waals surface area contributed by atoms with E-state index in [1.54, 1.807) is 6.20 Å². The Labute approximate surface area is 140 Å². The molecule has 0 unspecified atom stereocenters. The lowest BCUT2D eigenvalue weighted by Gasteiger charge is -2.10. The van der Waals surface area contributed by atoms with Gasteiger partial charge in [-0.3, -0.25) is 4.79 Å². The van der Waals surface area contributed by atoms with Crippen LogP contribution in [-0.4, -0.2) is 33.9 Å². The summed E-state index contributed by atoms with van der Waals surface area (Å²) in [6.45, 7) is 2.48. The summed E-state index contributed by atoms with van der Waals surface area (Å²) in [7, 11) is 0. The van der Waals surface area contributed by atoms with E-state index < -0.39 is 0 Å². The molecule has 0 atom stereocenters. The van der Waals surface area contributed by atoms with Crippen LogP contribution in [0.1, 0.15) is 46.8 Å². The number of hydrogen-bond donors (Lipinski definition) is 2. The second-order valence-electron chi connectivity index (χ2n) is 5.90. The number of hydrogen-bond acceptors (Lipinski definition) is 3. The minimum Gasteiger partial charge on any atom is -0.396 e. The van der Waals surface area contributed by atoms with Crippen LogP contribution in [0.4, 0.5) is 0 Å². The molecule has 5 nitrogen and oxygen atoms in total. The van der Waals surface area contributed by atoms with Crippen LogP contribution >= 0.6 is 11.6 Å². The molecule has 23 heavy (non-hydrogen) atoms. The molecule has 1 aromatic carbocycles. The zero-order valence-corrected chi connectivity index (χ0v) is 13.8. The van der Waals surface area contributed by atoms with Crippen molar-refractivity contribution in [2.45, 2.75) is 32.1 Å². The minimum absolute atomic E-state index is 0.0664. The molecule has 1 fully saturated rings. The van der Waals surface area contributed by atoms with Gasteiger partial charge in [-0.2, -0.15) is 5.10 Å². The molecule has 2 N–H and O–H groups in total. The van der Waals surface area contributed by atoms with Gasteiger partial charge in [-0.1, -0.05) is 17.7 Å². The molecular formula is C17H20ClN3O2. The van der Waals surface area contributed by atoms with Crippen molar-refractivity contribution in [2.24, 2.45) is 0 Å². The highest BCUT2D eigenvalue weighted by Crippen LogP contribution is 2.42. The summed E-state index contributed by atoms with van der Waals surface area (Å²) in [6, 6.07) is 5.80. The molecule has 0 saturated heterocycles. The molecule has 0 radical (unpaired) electrons. The van der Waals surface area contributed by atoms with E-state index in [2.05, 4.69) is 10.4 Å². The zero-order chi connectivity index (χ0) is 16.4. The summed E-state index contributed by atoms with van der Waals surface area (Å²) in [5, 5.41) is 16.8. The smallest absolute Gasteiger partial charge is 0.254 e. The van der Waals surface area contributed by atoms with Gasteiger partial charge < -0.3 is 10.4 Å². The largest absolute Gasteiger partial charge is 0.396 e. The average molecular weight is 334 g/mol. The molecule has 1 aliphatic rings. The van der Waals surface area contributed by atoms with Gasteiger partial charge in [0.05, 0.1) is 23.1 Å². The first kappa shape index (κ1) is 16.0. The molecular weight excluding hydrogens is 314 g/mol. The first-order valence-electron chi connectivity index (χ1n) is 7.85. The number of halogens is 1. The van der Waals surface area contributed by atoms with E-state index in [0.717, 1.165) is 29.8 Å². The summed E-state index contributed by atoms with van der Waals surface area (Å²) in [5.74, 6) is 0.237. The predicted molar refractivity (Wildman–Crippen MR) is 89.3 cm³/mol. The van der Waals surface area contributed by atoms with Gasteiger partial charge in [0, 0.05) is 24.1 Å². The molecule has 1 aromatic heterocycles. The summed E-state index contributed by atoms with van der Waals surface area (Å²) in [6.07, 6.45) is 4.31. The number of carbonyl (C=O) groups excluding carboxylic acids is 1. The van der Waals surface area contributed by atoms with Gasteiger partial charge in [-0.25, -0.2) is 4.68 Å². The molecule has 1 saturated carbocycles. The highest BCUT2D eigenvalue weighted by atomic mass is 35.5. The maximum Gasteiger partial charge on any atom is 0.254 e. The minimum atomic E-state index is -0.134. The number of benzene rings is 1. The lowest BCUT2D eigenvalue weighted by Crippen LogP contribution is -2.25. The number of carbonyl (C=O) groups is 1. The third kappa shape index (κ3) is 3.41. The van der Waals surface area contributed by atoms with E-state index in [0.29, 0.717) is 29.5 Å². The fraction of sp³-hybridized carbons (Fsp3) is 0.412. The Morgan fingerprint density at radius 1 is 1.48 bits per heavy atom. The van der Waals surface area contributed by atoms with Crippen molar-refractivity contribution in [3.8, 4) is 5.69 Å². The fourth-order valence-electron chi connectivity index (χ4n) is 2.58. The molecule has 1 heterocycles. The third-order valence-corrected chi connectivity index (χ3v) is 4.44.